The van der Waals surface area contributed by atoms with Crippen molar-refractivity contribution in [2.24, 2.45) is 17.7 Å². The van der Waals surface area contributed by atoms with Crippen molar-refractivity contribution in [1.29, 1.82) is 0 Å². The highest BCUT2D eigenvalue weighted by atomic mass is 15.3. The molecule has 0 radical (unpaired) electrons. The Hall–Kier alpha value is -2.14. The van der Waals surface area contributed by atoms with E-state index in [1.807, 2.05) is 36.4 Å². The third-order valence-electron chi connectivity index (χ3n) is 3.65. The fourth-order valence-corrected chi connectivity index (χ4v) is 1.83. The van der Waals surface area contributed by atoms with E-state index < -0.39 is 0 Å². The second kappa shape index (κ2) is 7.04. The first-order valence-corrected chi connectivity index (χ1v) is 7.25. The first-order chi connectivity index (χ1) is 10.1. The number of nitrogens with two attached hydrogens (primary N) is 1. The number of hydrazine groups is 1. The summed E-state index contributed by atoms with van der Waals surface area (Å²) in [6.07, 6.45) is 0. The minimum Gasteiger partial charge on any atom is -0.370 e. The van der Waals surface area contributed by atoms with E-state index >= 15 is 0 Å². The monoisotopic (exact) mass is 285 g/mol. The Kier molecular flexibility index (Phi) is 5.11. The summed E-state index contributed by atoms with van der Waals surface area (Å²) < 4.78 is 0. The molecule has 1 atom stereocenters. The van der Waals surface area contributed by atoms with E-state index in [-0.39, 0.29) is 0 Å². The van der Waals surface area contributed by atoms with Crippen LogP contribution in [0.25, 0.3) is 11.4 Å². The smallest absolute Gasteiger partial charge is 0.163 e. The predicted octanol–water partition coefficient (Wildman–Crippen LogP) is 3.13. The van der Waals surface area contributed by atoms with Crippen LogP contribution in [0, 0.1) is 11.8 Å². The van der Waals surface area contributed by atoms with Crippen molar-refractivity contribution in [3.63, 3.8) is 0 Å². The largest absolute Gasteiger partial charge is 0.370 e. The number of rotatable bonds is 6. The maximum absolute atomic E-state index is 5.50. The molecule has 0 aliphatic heterocycles. The zero-order valence-electron chi connectivity index (χ0n) is 12.8. The van der Waals surface area contributed by atoms with Gasteiger partial charge in [0.15, 0.2) is 5.82 Å². The molecular formula is C16H23N5. The number of benzene rings is 1. The van der Waals surface area contributed by atoms with Gasteiger partial charge < -0.3 is 10.7 Å². The summed E-state index contributed by atoms with van der Waals surface area (Å²) in [4.78, 5) is 8.96. The quantitative estimate of drug-likeness (QED) is 0.561. The fraction of sp³-hybridized carbons (Fsp3) is 0.375. The fourth-order valence-electron chi connectivity index (χ4n) is 1.83. The van der Waals surface area contributed by atoms with Gasteiger partial charge in [0, 0.05) is 18.2 Å². The van der Waals surface area contributed by atoms with Crippen LogP contribution >= 0.6 is 0 Å². The Bertz CT molecular complexity index is 568. The van der Waals surface area contributed by atoms with Crippen molar-refractivity contribution in [2.75, 3.05) is 17.3 Å². The molecule has 5 nitrogen and oxygen atoms in total. The maximum Gasteiger partial charge on any atom is 0.163 e. The molecule has 112 valence electrons. The van der Waals surface area contributed by atoms with E-state index in [2.05, 4.69) is 41.5 Å². The van der Waals surface area contributed by atoms with Gasteiger partial charge in [-0.15, -0.1) is 0 Å². The predicted molar refractivity (Wildman–Crippen MR) is 87.8 cm³/mol. The van der Waals surface area contributed by atoms with E-state index in [1.165, 1.54) is 0 Å². The van der Waals surface area contributed by atoms with Crippen LogP contribution in [0.2, 0.25) is 0 Å². The Morgan fingerprint density at radius 3 is 2.33 bits per heavy atom. The zero-order chi connectivity index (χ0) is 15.2. The molecule has 0 bridgehead atoms. The molecule has 1 unspecified atom stereocenters. The van der Waals surface area contributed by atoms with Crippen molar-refractivity contribution < 1.29 is 0 Å². The summed E-state index contributed by atoms with van der Waals surface area (Å²) in [5, 5.41) is 3.36. The van der Waals surface area contributed by atoms with Crippen molar-refractivity contribution >= 4 is 11.6 Å². The van der Waals surface area contributed by atoms with Crippen LogP contribution in [0.5, 0.6) is 0 Å². The first-order valence-electron chi connectivity index (χ1n) is 7.25. The summed E-state index contributed by atoms with van der Waals surface area (Å²) in [6, 6.07) is 11.7. The lowest BCUT2D eigenvalue weighted by atomic mass is 9.98. The van der Waals surface area contributed by atoms with Gasteiger partial charge >= 0.3 is 0 Å². The van der Waals surface area contributed by atoms with Gasteiger partial charge in [-0.2, -0.15) is 0 Å². The van der Waals surface area contributed by atoms with Crippen molar-refractivity contribution in [3.05, 3.63) is 36.4 Å². The third kappa shape index (κ3) is 4.16. The Morgan fingerprint density at radius 2 is 1.71 bits per heavy atom. The van der Waals surface area contributed by atoms with Gasteiger partial charge in [-0.05, 0) is 11.8 Å². The molecule has 5 heteroatoms. The van der Waals surface area contributed by atoms with Crippen LogP contribution in [-0.2, 0) is 0 Å². The van der Waals surface area contributed by atoms with Gasteiger partial charge in [0.25, 0.3) is 0 Å². The zero-order valence-corrected chi connectivity index (χ0v) is 12.8. The van der Waals surface area contributed by atoms with Crippen molar-refractivity contribution in [1.82, 2.24) is 9.97 Å². The van der Waals surface area contributed by atoms with Crippen LogP contribution in [0.1, 0.15) is 20.8 Å². The average molecular weight is 285 g/mol. The highest BCUT2D eigenvalue weighted by Gasteiger charge is 2.09. The van der Waals surface area contributed by atoms with Gasteiger partial charge in [-0.3, -0.25) is 0 Å². The molecule has 2 rings (SSSR count). The van der Waals surface area contributed by atoms with Gasteiger partial charge in [0.2, 0.25) is 0 Å². The normalized spacial score (nSPS) is 12.2. The summed E-state index contributed by atoms with van der Waals surface area (Å²) in [7, 11) is 0. The van der Waals surface area contributed by atoms with E-state index in [0.29, 0.717) is 23.5 Å². The van der Waals surface area contributed by atoms with E-state index in [4.69, 9.17) is 5.84 Å². The highest BCUT2D eigenvalue weighted by molar-refractivity contribution is 5.60. The minimum absolute atomic E-state index is 0.564. The number of nitrogens with one attached hydrogen (secondary N) is 2. The first kappa shape index (κ1) is 15.3. The second-order valence-electron chi connectivity index (χ2n) is 5.57. The number of hydrogen-bond donors (Lipinski definition) is 3. The average Bonchev–Trinajstić information content (AvgIpc) is 2.52. The van der Waals surface area contributed by atoms with E-state index in [9.17, 15) is 0 Å². The molecule has 1 heterocycles. The Labute approximate surface area is 126 Å². The topological polar surface area (TPSA) is 75.9 Å². The summed E-state index contributed by atoms with van der Waals surface area (Å²) >= 11 is 0. The molecule has 0 fully saturated rings. The van der Waals surface area contributed by atoms with Crippen LogP contribution in [0.3, 0.4) is 0 Å². The van der Waals surface area contributed by atoms with Gasteiger partial charge in [-0.25, -0.2) is 15.8 Å². The summed E-state index contributed by atoms with van der Waals surface area (Å²) in [5.74, 6) is 8.73. The molecule has 0 aliphatic rings. The molecular weight excluding hydrogens is 262 g/mol. The lowest BCUT2D eigenvalue weighted by Gasteiger charge is -2.17. The molecule has 1 aromatic heterocycles. The molecule has 4 N–H and O–H groups in total. The molecule has 0 amide bonds. The van der Waals surface area contributed by atoms with Crippen molar-refractivity contribution in [2.45, 2.75) is 20.8 Å². The number of anilines is 2. The minimum atomic E-state index is 0.564. The van der Waals surface area contributed by atoms with E-state index in [1.54, 1.807) is 0 Å². The third-order valence-corrected chi connectivity index (χ3v) is 3.65. The number of aromatic nitrogens is 2. The van der Waals surface area contributed by atoms with Crippen LogP contribution in [-0.4, -0.2) is 16.5 Å². The number of nitrogen functional groups attached to an aromatic ring is 1. The van der Waals surface area contributed by atoms with Crippen LogP contribution in [0.4, 0.5) is 11.6 Å². The SMILES string of the molecule is CC(C)C(C)CNc1cc(NN)nc(-c2ccccc2)n1. The summed E-state index contributed by atoms with van der Waals surface area (Å²) in [6.45, 7) is 7.52. The van der Waals surface area contributed by atoms with Crippen molar-refractivity contribution in [3.8, 4) is 11.4 Å². The van der Waals surface area contributed by atoms with Gasteiger partial charge in [0.05, 0.1) is 0 Å². The molecule has 0 saturated heterocycles. The second-order valence-corrected chi connectivity index (χ2v) is 5.57. The lowest BCUT2D eigenvalue weighted by molar-refractivity contribution is 0.439. The van der Waals surface area contributed by atoms with Crippen LogP contribution < -0.4 is 16.6 Å². The maximum atomic E-state index is 5.50. The number of hydrogen-bond acceptors (Lipinski definition) is 5. The van der Waals surface area contributed by atoms with Gasteiger partial charge in [0.1, 0.15) is 11.6 Å². The Morgan fingerprint density at radius 1 is 1.05 bits per heavy atom. The van der Waals surface area contributed by atoms with E-state index in [0.717, 1.165) is 17.9 Å². The molecule has 1 aromatic carbocycles. The van der Waals surface area contributed by atoms with Crippen LogP contribution in [0.15, 0.2) is 36.4 Å². The standard InChI is InChI=1S/C16H23N5/c1-11(2)12(3)10-18-14-9-15(21-17)20-16(19-14)13-7-5-4-6-8-13/h4-9,11-12H,10,17H2,1-3H3,(H2,18,19,20,21). The number of nitrogens with zero attached hydrogens (tertiary/aromatic N) is 2. The highest BCUT2D eigenvalue weighted by Crippen LogP contribution is 2.20. The van der Waals surface area contributed by atoms with Gasteiger partial charge in [-0.1, -0.05) is 51.1 Å². The Balaban J connectivity index is 2.22. The molecule has 21 heavy (non-hydrogen) atoms. The molecule has 0 spiro atoms. The molecule has 2 aromatic rings. The molecule has 0 saturated carbocycles. The molecule has 0 aliphatic carbocycles. The lowest BCUT2D eigenvalue weighted by Crippen LogP contribution is -2.18. The summed E-state index contributed by atoms with van der Waals surface area (Å²) in [5.41, 5.74) is 3.56.